The Bertz CT molecular complexity index is 1320. The summed E-state index contributed by atoms with van der Waals surface area (Å²) in [4.78, 5) is 23.9. The van der Waals surface area contributed by atoms with Crippen LogP contribution in [0.1, 0.15) is 0 Å². The van der Waals surface area contributed by atoms with E-state index in [4.69, 9.17) is 16.3 Å². The SMILES string of the molecule is C=C/C=C/n1c(=O)nc2c3c(c(Cl)c(-c4c(O)cccc4F)nc31)OC[C@@H]1CNCCN21. The highest BCUT2D eigenvalue weighted by atomic mass is 35.5. The van der Waals surface area contributed by atoms with Crippen molar-refractivity contribution in [2.45, 2.75) is 6.04 Å². The summed E-state index contributed by atoms with van der Waals surface area (Å²) in [6.45, 7) is 5.89. The molecule has 1 atom stereocenters. The fraction of sp³-hybridized carbons (Fsp3) is 0.227. The molecule has 8 nitrogen and oxygen atoms in total. The van der Waals surface area contributed by atoms with Crippen LogP contribution in [0.15, 0.2) is 41.7 Å². The fourth-order valence-corrected chi connectivity index (χ4v) is 4.39. The molecule has 1 saturated heterocycles. The Hall–Kier alpha value is -3.43. The number of benzene rings is 1. The summed E-state index contributed by atoms with van der Waals surface area (Å²) in [7, 11) is 0. The van der Waals surface area contributed by atoms with Crippen molar-refractivity contribution in [3.63, 3.8) is 0 Å². The number of halogens is 2. The van der Waals surface area contributed by atoms with Crippen molar-refractivity contribution in [1.82, 2.24) is 19.9 Å². The minimum Gasteiger partial charge on any atom is -0.507 e. The predicted octanol–water partition coefficient (Wildman–Crippen LogP) is 2.78. The third kappa shape index (κ3) is 3.12. The first-order valence-corrected chi connectivity index (χ1v) is 10.4. The van der Waals surface area contributed by atoms with Gasteiger partial charge in [-0.1, -0.05) is 30.3 Å². The van der Waals surface area contributed by atoms with Gasteiger partial charge in [-0.25, -0.2) is 14.2 Å². The first kappa shape index (κ1) is 20.5. The van der Waals surface area contributed by atoms with Gasteiger partial charge in [-0.05, 0) is 18.2 Å². The second-order valence-corrected chi connectivity index (χ2v) is 7.84. The number of anilines is 1. The Morgan fingerprint density at radius 2 is 2.22 bits per heavy atom. The van der Waals surface area contributed by atoms with Crippen molar-refractivity contribution in [3.05, 3.63) is 58.3 Å². The predicted molar refractivity (Wildman–Crippen MR) is 121 cm³/mol. The number of piperazine rings is 1. The van der Waals surface area contributed by atoms with Crippen LogP contribution in [0.3, 0.4) is 0 Å². The van der Waals surface area contributed by atoms with E-state index < -0.39 is 11.5 Å². The summed E-state index contributed by atoms with van der Waals surface area (Å²) < 4.78 is 22.1. The summed E-state index contributed by atoms with van der Waals surface area (Å²) in [5, 5.41) is 14.1. The summed E-state index contributed by atoms with van der Waals surface area (Å²) in [5.74, 6) is -0.366. The number of hydrogen-bond donors (Lipinski definition) is 2. The van der Waals surface area contributed by atoms with Crippen LogP contribution in [-0.2, 0) is 0 Å². The summed E-state index contributed by atoms with van der Waals surface area (Å²) in [6, 6.07) is 3.84. The van der Waals surface area contributed by atoms with E-state index in [1.807, 2.05) is 4.90 Å². The average molecular weight is 456 g/mol. The number of pyridine rings is 1. The number of phenolic OH excluding ortho intramolecular Hbond substituents is 1. The van der Waals surface area contributed by atoms with Gasteiger partial charge in [0.05, 0.1) is 11.6 Å². The minimum absolute atomic E-state index is 0.0277. The van der Waals surface area contributed by atoms with Crippen LogP contribution in [0.4, 0.5) is 10.2 Å². The first-order valence-electron chi connectivity index (χ1n) is 10.0. The molecular formula is C22H19ClFN5O3. The Morgan fingerprint density at radius 3 is 3.00 bits per heavy atom. The highest BCUT2D eigenvalue weighted by Gasteiger charge is 2.34. The van der Waals surface area contributed by atoms with E-state index in [9.17, 15) is 14.3 Å². The Balaban J connectivity index is 1.91. The van der Waals surface area contributed by atoms with Crippen LogP contribution < -0.4 is 20.6 Å². The lowest BCUT2D eigenvalue weighted by atomic mass is 10.1. The van der Waals surface area contributed by atoms with Crippen LogP contribution in [0.5, 0.6) is 11.5 Å². The van der Waals surface area contributed by atoms with Gasteiger partial charge in [-0.15, -0.1) is 0 Å². The van der Waals surface area contributed by atoms with Crippen LogP contribution in [0, 0.1) is 5.82 Å². The number of aromatic nitrogens is 3. The molecule has 10 heteroatoms. The van der Waals surface area contributed by atoms with E-state index in [1.165, 1.54) is 35.0 Å². The smallest absolute Gasteiger partial charge is 0.355 e. The van der Waals surface area contributed by atoms with Gasteiger partial charge in [-0.3, -0.25) is 4.57 Å². The molecule has 3 aromatic rings. The highest BCUT2D eigenvalue weighted by molar-refractivity contribution is 6.36. The molecule has 1 aromatic carbocycles. The van der Waals surface area contributed by atoms with Crippen LogP contribution >= 0.6 is 11.6 Å². The third-order valence-electron chi connectivity index (χ3n) is 5.58. The highest BCUT2D eigenvalue weighted by Crippen LogP contribution is 2.46. The van der Waals surface area contributed by atoms with E-state index in [0.717, 1.165) is 6.54 Å². The monoisotopic (exact) mass is 455 g/mol. The average Bonchev–Trinajstić information content (AvgIpc) is 2.94. The second-order valence-electron chi connectivity index (χ2n) is 7.46. The molecule has 0 radical (unpaired) electrons. The second kappa shape index (κ2) is 7.92. The molecule has 0 amide bonds. The number of aromatic hydroxyl groups is 1. The maximum absolute atomic E-state index is 14.7. The molecule has 4 heterocycles. The molecule has 1 fully saturated rings. The number of nitrogens with zero attached hydrogens (tertiary/aromatic N) is 4. The van der Waals surface area contributed by atoms with Crippen LogP contribution in [0.2, 0.25) is 5.02 Å². The van der Waals surface area contributed by atoms with Gasteiger partial charge < -0.3 is 20.1 Å². The van der Waals surface area contributed by atoms with E-state index in [-0.39, 0.29) is 46.1 Å². The number of fused-ring (bicyclic) bond motifs is 2. The standard InChI is InChI=1S/C22H19ClFN5O3/c1-2-3-8-29-20-16-19(17(23)18(26-20)15-13(24)5-4-6-14(15)30)32-11-12-10-25-7-9-28(12)21(16)27-22(29)31/h2-6,8,12,25,30H,1,7,9-11H2/b8-3+/t12-/m0/s1. The lowest BCUT2D eigenvalue weighted by Crippen LogP contribution is -2.54. The summed E-state index contributed by atoms with van der Waals surface area (Å²) in [5.41, 5.74) is -0.573. The van der Waals surface area contributed by atoms with Gasteiger partial charge in [0.2, 0.25) is 0 Å². The first-order chi connectivity index (χ1) is 15.5. The molecule has 0 aliphatic carbocycles. The molecule has 164 valence electrons. The number of ether oxygens (including phenoxy) is 1. The summed E-state index contributed by atoms with van der Waals surface area (Å²) in [6.07, 6.45) is 4.54. The van der Waals surface area contributed by atoms with Gasteiger partial charge in [0.1, 0.15) is 40.1 Å². The van der Waals surface area contributed by atoms with E-state index in [2.05, 4.69) is 21.9 Å². The van der Waals surface area contributed by atoms with Gasteiger partial charge in [0.25, 0.3) is 0 Å². The normalized spacial score (nSPS) is 17.8. The zero-order valence-electron chi connectivity index (χ0n) is 16.9. The van der Waals surface area contributed by atoms with Gasteiger partial charge in [0, 0.05) is 25.8 Å². The molecule has 0 bridgehead atoms. The topological polar surface area (TPSA) is 92.5 Å². The summed E-state index contributed by atoms with van der Waals surface area (Å²) >= 11 is 6.69. The molecule has 0 unspecified atom stereocenters. The van der Waals surface area contributed by atoms with Gasteiger partial charge >= 0.3 is 5.69 Å². The lowest BCUT2D eigenvalue weighted by Gasteiger charge is -2.35. The minimum atomic E-state index is -0.703. The molecule has 2 aliphatic rings. The largest absolute Gasteiger partial charge is 0.507 e. The van der Waals surface area contributed by atoms with E-state index in [1.54, 1.807) is 6.08 Å². The molecule has 0 saturated carbocycles. The molecule has 2 aliphatic heterocycles. The number of nitrogens with one attached hydrogen (secondary N) is 1. The maximum Gasteiger partial charge on any atom is 0.355 e. The Kier molecular flexibility index (Phi) is 5.07. The van der Waals surface area contributed by atoms with Crippen molar-refractivity contribution in [1.29, 1.82) is 0 Å². The lowest BCUT2D eigenvalue weighted by molar-refractivity contribution is 0.274. The van der Waals surface area contributed by atoms with E-state index in [0.29, 0.717) is 24.3 Å². The molecule has 2 N–H and O–H groups in total. The molecule has 2 aromatic heterocycles. The zero-order valence-corrected chi connectivity index (χ0v) is 17.6. The molecule has 0 spiro atoms. The van der Waals surface area contributed by atoms with Crippen LogP contribution in [-0.4, -0.2) is 51.9 Å². The maximum atomic E-state index is 14.7. The molecule has 32 heavy (non-hydrogen) atoms. The van der Waals surface area contributed by atoms with Crippen molar-refractivity contribution < 1.29 is 14.2 Å². The van der Waals surface area contributed by atoms with Gasteiger partial charge in [-0.2, -0.15) is 4.98 Å². The van der Waals surface area contributed by atoms with Crippen LogP contribution in [0.25, 0.3) is 28.5 Å². The fourth-order valence-electron chi connectivity index (χ4n) is 4.10. The van der Waals surface area contributed by atoms with Crippen molar-refractivity contribution in [3.8, 4) is 22.8 Å². The zero-order chi connectivity index (χ0) is 22.4. The number of phenols is 1. The number of hydrogen-bond acceptors (Lipinski definition) is 7. The third-order valence-corrected chi connectivity index (χ3v) is 5.93. The van der Waals surface area contributed by atoms with Crippen molar-refractivity contribution >= 4 is 34.7 Å². The van der Waals surface area contributed by atoms with Gasteiger partial charge in [0.15, 0.2) is 11.4 Å². The Labute approximate surface area is 187 Å². The number of rotatable bonds is 3. The molecule has 5 rings (SSSR count). The van der Waals surface area contributed by atoms with Crippen molar-refractivity contribution in [2.24, 2.45) is 0 Å². The van der Waals surface area contributed by atoms with Crippen molar-refractivity contribution in [2.75, 3.05) is 31.1 Å². The quantitative estimate of drug-likeness (QED) is 0.587. The molecular weight excluding hydrogens is 437 g/mol. The number of allylic oxidation sites excluding steroid dienone is 2. The Morgan fingerprint density at radius 1 is 1.38 bits per heavy atom. The van der Waals surface area contributed by atoms with E-state index >= 15 is 0 Å².